The maximum Gasteiger partial charge on any atom is 0.253 e. The molecule has 11 heteroatoms. The number of piperazine rings is 1. The van der Waals surface area contributed by atoms with Crippen LogP contribution in [0.5, 0.6) is 0 Å². The summed E-state index contributed by atoms with van der Waals surface area (Å²) in [6.45, 7) is 3.26. The quantitative estimate of drug-likeness (QED) is 0.262. The molecule has 0 saturated carbocycles. The number of hydrogen-bond donors (Lipinski definition) is 0. The van der Waals surface area contributed by atoms with Crippen molar-refractivity contribution in [3.8, 4) is 10.7 Å². The van der Waals surface area contributed by atoms with Gasteiger partial charge in [-0.15, -0.1) is 16.4 Å². The molecule has 1 amide bonds. The lowest BCUT2D eigenvalue weighted by molar-refractivity contribution is 0.0746. The van der Waals surface area contributed by atoms with Crippen molar-refractivity contribution in [2.24, 2.45) is 0 Å². The van der Waals surface area contributed by atoms with Crippen molar-refractivity contribution >= 4 is 60.1 Å². The monoisotopic (exact) mass is 610 g/mol. The first-order valence-electron chi connectivity index (χ1n) is 12.9. The molecule has 1 saturated heterocycles. The standard InChI is InChI=1S/C29H23BrN8OS/c30-21-9-10-23-22(15-21)27(32-18-31-23)36-11-13-37(14-12-36)29(39)20-7-5-19(6-8-20)16-38-17-25(34-35-38)28-33-24-3-1-2-4-26(24)40-28/h1-10,15,17-18H,11-14,16H2. The van der Waals surface area contributed by atoms with Crippen LogP contribution in [0.25, 0.3) is 31.8 Å². The molecule has 1 aliphatic heterocycles. The minimum Gasteiger partial charge on any atom is -0.352 e. The molecule has 6 aromatic rings. The van der Waals surface area contributed by atoms with E-state index in [4.69, 9.17) is 0 Å². The number of para-hydroxylation sites is 1. The molecule has 0 aliphatic carbocycles. The topological polar surface area (TPSA) is 92.9 Å². The van der Waals surface area contributed by atoms with Crippen molar-refractivity contribution in [3.05, 3.63) is 94.9 Å². The van der Waals surface area contributed by atoms with Gasteiger partial charge in [0.2, 0.25) is 0 Å². The SMILES string of the molecule is O=C(c1ccc(Cn2cc(-c3nc4ccccc4s3)nn2)cc1)N1CCN(c2ncnc3ccc(Br)cc23)CC1. The second-order valence-corrected chi connectivity index (χ2v) is 11.6. The van der Waals surface area contributed by atoms with Gasteiger partial charge in [-0.3, -0.25) is 4.79 Å². The number of anilines is 1. The van der Waals surface area contributed by atoms with Crippen molar-refractivity contribution in [1.82, 2.24) is 34.8 Å². The van der Waals surface area contributed by atoms with Crippen LogP contribution in [0, 0.1) is 0 Å². The molecule has 9 nitrogen and oxygen atoms in total. The van der Waals surface area contributed by atoms with Gasteiger partial charge in [-0.05, 0) is 48.0 Å². The largest absolute Gasteiger partial charge is 0.352 e. The van der Waals surface area contributed by atoms with Crippen molar-refractivity contribution in [3.63, 3.8) is 0 Å². The van der Waals surface area contributed by atoms with Crippen LogP contribution in [0.2, 0.25) is 0 Å². The van der Waals surface area contributed by atoms with Crippen molar-refractivity contribution < 1.29 is 4.79 Å². The number of benzene rings is 3. The highest BCUT2D eigenvalue weighted by Gasteiger charge is 2.24. The van der Waals surface area contributed by atoms with Crippen LogP contribution in [0.3, 0.4) is 0 Å². The normalized spacial score (nSPS) is 13.8. The molecule has 0 radical (unpaired) electrons. The van der Waals surface area contributed by atoms with Crippen LogP contribution in [-0.2, 0) is 6.54 Å². The number of hydrogen-bond acceptors (Lipinski definition) is 8. The lowest BCUT2D eigenvalue weighted by Crippen LogP contribution is -2.49. The second-order valence-electron chi connectivity index (χ2n) is 9.62. The van der Waals surface area contributed by atoms with Crippen LogP contribution >= 0.6 is 27.3 Å². The molecule has 0 unspecified atom stereocenters. The van der Waals surface area contributed by atoms with Gasteiger partial charge in [0.05, 0.1) is 28.5 Å². The number of rotatable bonds is 5. The fourth-order valence-corrected chi connectivity index (χ4v) is 6.24. The summed E-state index contributed by atoms with van der Waals surface area (Å²) in [6, 6.07) is 21.8. The Bertz CT molecular complexity index is 1810. The van der Waals surface area contributed by atoms with Gasteiger partial charge >= 0.3 is 0 Å². The van der Waals surface area contributed by atoms with E-state index in [2.05, 4.69) is 52.2 Å². The Kier molecular flexibility index (Phi) is 6.45. The van der Waals surface area contributed by atoms with Gasteiger partial charge in [0.1, 0.15) is 22.8 Å². The predicted octanol–water partition coefficient (Wildman–Crippen LogP) is 5.27. The Labute approximate surface area is 242 Å². The zero-order chi connectivity index (χ0) is 27.1. The van der Waals surface area contributed by atoms with Gasteiger partial charge in [0, 0.05) is 41.6 Å². The third-order valence-electron chi connectivity index (χ3n) is 7.04. The minimum absolute atomic E-state index is 0.0420. The number of carbonyl (C=O) groups excluding carboxylic acids is 1. The van der Waals surface area contributed by atoms with Crippen LogP contribution in [-0.4, -0.2) is 66.9 Å². The van der Waals surface area contributed by atoms with Crippen LogP contribution < -0.4 is 4.90 Å². The first-order chi connectivity index (χ1) is 19.6. The Morgan fingerprint density at radius 2 is 1.75 bits per heavy atom. The molecule has 0 N–H and O–H groups in total. The fraction of sp³-hybridized carbons (Fsp3) is 0.172. The van der Waals surface area contributed by atoms with Gasteiger partial charge in [0.15, 0.2) is 0 Å². The van der Waals surface area contributed by atoms with Crippen LogP contribution in [0.1, 0.15) is 15.9 Å². The first-order valence-corrected chi connectivity index (χ1v) is 14.5. The molecule has 1 fully saturated rings. The van der Waals surface area contributed by atoms with E-state index in [0.29, 0.717) is 38.3 Å². The highest BCUT2D eigenvalue weighted by molar-refractivity contribution is 9.10. The summed E-state index contributed by atoms with van der Waals surface area (Å²) in [5.41, 5.74) is 4.36. The highest BCUT2D eigenvalue weighted by Crippen LogP contribution is 2.29. The minimum atomic E-state index is 0.0420. The number of amides is 1. The van der Waals surface area contributed by atoms with E-state index < -0.39 is 0 Å². The molecule has 4 heterocycles. The molecular weight excluding hydrogens is 588 g/mol. The van der Waals surface area contributed by atoms with E-state index in [0.717, 1.165) is 47.7 Å². The molecule has 0 bridgehead atoms. The lowest BCUT2D eigenvalue weighted by atomic mass is 10.1. The van der Waals surface area contributed by atoms with E-state index in [-0.39, 0.29) is 5.91 Å². The van der Waals surface area contributed by atoms with Gasteiger partial charge in [-0.1, -0.05) is 45.4 Å². The second kappa shape index (κ2) is 10.4. The predicted molar refractivity (Wildman–Crippen MR) is 160 cm³/mol. The molecule has 7 rings (SSSR count). The average molecular weight is 612 g/mol. The zero-order valence-corrected chi connectivity index (χ0v) is 23.7. The Hall–Kier alpha value is -4.22. The third kappa shape index (κ3) is 4.82. The Morgan fingerprint density at radius 3 is 2.58 bits per heavy atom. The zero-order valence-electron chi connectivity index (χ0n) is 21.3. The van der Waals surface area contributed by atoms with E-state index in [1.807, 2.05) is 71.8 Å². The number of fused-ring (bicyclic) bond motifs is 2. The Morgan fingerprint density at radius 1 is 0.925 bits per heavy atom. The number of nitrogens with zero attached hydrogens (tertiary/aromatic N) is 8. The molecule has 1 aliphatic rings. The van der Waals surface area contributed by atoms with Crippen LogP contribution in [0.15, 0.2) is 83.7 Å². The summed E-state index contributed by atoms with van der Waals surface area (Å²) >= 11 is 5.16. The fourth-order valence-electron chi connectivity index (χ4n) is 4.97. The van der Waals surface area contributed by atoms with E-state index in [1.54, 1.807) is 22.3 Å². The van der Waals surface area contributed by atoms with Crippen molar-refractivity contribution in [1.29, 1.82) is 0 Å². The molecular formula is C29H23BrN8OS. The van der Waals surface area contributed by atoms with Crippen molar-refractivity contribution in [2.75, 3.05) is 31.1 Å². The summed E-state index contributed by atoms with van der Waals surface area (Å²) in [5.74, 6) is 0.947. The number of carbonyl (C=O) groups is 1. The molecule has 3 aromatic carbocycles. The van der Waals surface area contributed by atoms with Gasteiger partial charge in [-0.25, -0.2) is 19.6 Å². The summed E-state index contributed by atoms with van der Waals surface area (Å²) in [5, 5.41) is 10.5. The maximum atomic E-state index is 13.2. The van der Waals surface area contributed by atoms with E-state index >= 15 is 0 Å². The third-order valence-corrected chi connectivity index (χ3v) is 8.59. The number of halogens is 1. The molecule has 40 heavy (non-hydrogen) atoms. The maximum absolute atomic E-state index is 13.2. The van der Waals surface area contributed by atoms with Gasteiger partial charge in [0.25, 0.3) is 5.91 Å². The average Bonchev–Trinajstić information content (AvgIpc) is 3.64. The summed E-state index contributed by atoms with van der Waals surface area (Å²) in [6.07, 6.45) is 3.52. The molecule has 198 valence electrons. The summed E-state index contributed by atoms with van der Waals surface area (Å²) < 4.78 is 3.92. The van der Waals surface area contributed by atoms with Gasteiger partial charge < -0.3 is 9.80 Å². The van der Waals surface area contributed by atoms with E-state index in [9.17, 15) is 4.79 Å². The number of thiazole rings is 1. The summed E-state index contributed by atoms with van der Waals surface area (Å²) in [4.78, 5) is 31.0. The van der Waals surface area contributed by atoms with Crippen LogP contribution in [0.4, 0.5) is 5.82 Å². The lowest BCUT2D eigenvalue weighted by Gasteiger charge is -2.35. The number of aromatic nitrogens is 6. The van der Waals surface area contributed by atoms with Gasteiger partial charge in [-0.2, -0.15) is 0 Å². The Balaban J connectivity index is 0.991. The first kappa shape index (κ1) is 24.8. The molecule has 3 aromatic heterocycles. The highest BCUT2D eigenvalue weighted by atomic mass is 79.9. The van der Waals surface area contributed by atoms with Crippen molar-refractivity contribution in [2.45, 2.75) is 6.54 Å². The molecule has 0 atom stereocenters. The summed E-state index contributed by atoms with van der Waals surface area (Å²) in [7, 11) is 0. The van der Waals surface area contributed by atoms with E-state index in [1.165, 1.54) is 0 Å². The molecule has 0 spiro atoms. The smallest absolute Gasteiger partial charge is 0.253 e.